The minimum atomic E-state index is 0.794. The number of aromatic nitrogens is 1. The average Bonchev–Trinajstić information content (AvgIpc) is 2.25. The molecule has 0 fully saturated rings. The third-order valence-electron chi connectivity index (χ3n) is 2.10. The maximum atomic E-state index is 5.96. The lowest BCUT2D eigenvalue weighted by molar-refractivity contribution is 1.11. The van der Waals surface area contributed by atoms with Crippen molar-refractivity contribution in [3.63, 3.8) is 0 Å². The first-order valence-electron chi connectivity index (χ1n) is 4.81. The van der Waals surface area contributed by atoms with Crippen LogP contribution in [0.2, 0.25) is 0 Å². The van der Waals surface area contributed by atoms with Gasteiger partial charge in [-0.2, -0.15) is 0 Å². The van der Waals surface area contributed by atoms with E-state index >= 15 is 0 Å². The second kappa shape index (κ2) is 4.89. The Morgan fingerprint density at radius 3 is 2.81 bits per heavy atom. The van der Waals surface area contributed by atoms with Crippen molar-refractivity contribution < 1.29 is 0 Å². The number of halogens is 1. The number of nitrogens with two attached hydrogens (primary N) is 1. The quantitative estimate of drug-likeness (QED) is 0.854. The molecule has 1 aromatic carbocycles. The number of benzene rings is 1. The lowest BCUT2D eigenvalue weighted by atomic mass is 10.2. The molecule has 1 aromatic heterocycles. The first-order valence-corrected chi connectivity index (χ1v) is 6.42. The molecule has 16 heavy (non-hydrogen) atoms. The molecule has 2 rings (SSSR count). The summed E-state index contributed by atoms with van der Waals surface area (Å²) in [5.41, 5.74) is 7.92. The van der Waals surface area contributed by atoms with E-state index in [9.17, 15) is 0 Å². The van der Waals surface area contributed by atoms with Gasteiger partial charge in [0.1, 0.15) is 5.03 Å². The van der Waals surface area contributed by atoms with Gasteiger partial charge in [0.25, 0.3) is 0 Å². The summed E-state index contributed by atoms with van der Waals surface area (Å²) in [6.45, 7) is 2.03. The van der Waals surface area contributed by atoms with Crippen molar-refractivity contribution in [1.82, 2.24) is 4.98 Å². The standard InChI is InChI=1S/C12H11BrN2S/c1-8-4-5-11(10(14)7-8)16-12-9(13)3-2-6-15-12/h2-7H,14H2,1H3. The Hall–Kier alpha value is -1.00. The van der Waals surface area contributed by atoms with Crippen molar-refractivity contribution in [3.8, 4) is 0 Å². The van der Waals surface area contributed by atoms with Gasteiger partial charge in [-0.1, -0.05) is 17.8 Å². The molecule has 82 valence electrons. The highest BCUT2D eigenvalue weighted by Gasteiger charge is 2.05. The van der Waals surface area contributed by atoms with Crippen LogP contribution in [0.25, 0.3) is 0 Å². The van der Waals surface area contributed by atoms with Crippen LogP contribution in [0.1, 0.15) is 5.56 Å². The number of pyridine rings is 1. The van der Waals surface area contributed by atoms with E-state index in [1.54, 1.807) is 18.0 Å². The maximum Gasteiger partial charge on any atom is 0.115 e. The number of anilines is 1. The van der Waals surface area contributed by atoms with E-state index in [0.717, 1.165) is 20.1 Å². The van der Waals surface area contributed by atoms with E-state index in [4.69, 9.17) is 5.73 Å². The van der Waals surface area contributed by atoms with Gasteiger partial charge in [0.2, 0.25) is 0 Å². The normalized spacial score (nSPS) is 10.4. The molecule has 0 aliphatic rings. The van der Waals surface area contributed by atoms with Crippen LogP contribution in [0, 0.1) is 6.92 Å². The van der Waals surface area contributed by atoms with E-state index < -0.39 is 0 Å². The van der Waals surface area contributed by atoms with Crippen LogP contribution in [-0.4, -0.2) is 4.98 Å². The van der Waals surface area contributed by atoms with E-state index in [1.165, 1.54) is 5.56 Å². The van der Waals surface area contributed by atoms with Crippen LogP contribution in [0.15, 0.2) is 50.9 Å². The largest absolute Gasteiger partial charge is 0.398 e. The Morgan fingerprint density at radius 1 is 1.31 bits per heavy atom. The third-order valence-corrected chi connectivity index (χ3v) is 4.11. The lowest BCUT2D eigenvalue weighted by Crippen LogP contribution is -1.90. The molecular formula is C12H11BrN2S. The number of hydrogen-bond donors (Lipinski definition) is 1. The summed E-state index contributed by atoms with van der Waals surface area (Å²) >= 11 is 5.04. The van der Waals surface area contributed by atoms with Crippen LogP contribution >= 0.6 is 27.7 Å². The third kappa shape index (κ3) is 2.57. The molecular weight excluding hydrogens is 284 g/mol. The van der Waals surface area contributed by atoms with Crippen LogP contribution in [-0.2, 0) is 0 Å². The maximum absolute atomic E-state index is 5.96. The predicted octanol–water partition coefficient (Wildman–Crippen LogP) is 3.89. The molecule has 0 aliphatic carbocycles. The molecule has 2 nitrogen and oxygen atoms in total. The monoisotopic (exact) mass is 294 g/mol. The SMILES string of the molecule is Cc1ccc(Sc2ncccc2Br)c(N)c1. The van der Waals surface area contributed by atoms with Crippen LogP contribution in [0.4, 0.5) is 5.69 Å². The number of nitrogen functional groups attached to an aromatic ring is 1. The summed E-state index contributed by atoms with van der Waals surface area (Å²) in [6.07, 6.45) is 1.78. The Bertz CT molecular complexity index is 514. The topological polar surface area (TPSA) is 38.9 Å². The van der Waals surface area contributed by atoms with E-state index in [-0.39, 0.29) is 0 Å². The second-order valence-corrected chi connectivity index (χ2v) is 5.32. The van der Waals surface area contributed by atoms with E-state index in [2.05, 4.69) is 27.0 Å². The molecule has 2 N–H and O–H groups in total. The molecule has 0 unspecified atom stereocenters. The van der Waals surface area contributed by atoms with Gasteiger partial charge in [-0.05, 0) is 52.7 Å². The van der Waals surface area contributed by atoms with Gasteiger partial charge in [-0.15, -0.1) is 0 Å². The van der Waals surface area contributed by atoms with Crippen LogP contribution < -0.4 is 5.73 Å². The van der Waals surface area contributed by atoms with E-state index in [1.807, 2.05) is 31.2 Å². The zero-order valence-corrected chi connectivity index (χ0v) is 11.2. The Labute approximate surface area is 107 Å². The average molecular weight is 295 g/mol. The van der Waals surface area contributed by atoms with Crippen molar-refractivity contribution in [3.05, 3.63) is 46.6 Å². The van der Waals surface area contributed by atoms with Gasteiger partial charge in [-0.25, -0.2) is 4.98 Å². The Morgan fingerprint density at radius 2 is 2.12 bits per heavy atom. The summed E-state index contributed by atoms with van der Waals surface area (Å²) in [4.78, 5) is 5.33. The first kappa shape index (κ1) is 11.5. The van der Waals surface area contributed by atoms with Crippen molar-refractivity contribution in [2.45, 2.75) is 16.8 Å². The fourth-order valence-corrected chi connectivity index (χ4v) is 2.61. The van der Waals surface area contributed by atoms with Crippen LogP contribution in [0.5, 0.6) is 0 Å². The molecule has 0 radical (unpaired) electrons. The molecule has 0 spiro atoms. The van der Waals surface area contributed by atoms with Gasteiger partial charge >= 0.3 is 0 Å². The van der Waals surface area contributed by atoms with Crippen molar-refractivity contribution in [1.29, 1.82) is 0 Å². The zero-order chi connectivity index (χ0) is 11.5. The minimum Gasteiger partial charge on any atom is -0.398 e. The summed E-state index contributed by atoms with van der Waals surface area (Å²) < 4.78 is 0.986. The molecule has 0 aliphatic heterocycles. The van der Waals surface area contributed by atoms with Crippen molar-refractivity contribution >= 4 is 33.4 Å². The fourth-order valence-electron chi connectivity index (χ4n) is 1.31. The molecule has 0 amide bonds. The molecule has 0 saturated heterocycles. The second-order valence-electron chi connectivity index (χ2n) is 3.43. The van der Waals surface area contributed by atoms with Crippen molar-refractivity contribution in [2.24, 2.45) is 0 Å². The summed E-state index contributed by atoms with van der Waals surface area (Å²) in [5.74, 6) is 0. The summed E-state index contributed by atoms with van der Waals surface area (Å²) in [5, 5.41) is 0.929. The van der Waals surface area contributed by atoms with Gasteiger partial charge in [0, 0.05) is 16.8 Å². The lowest BCUT2D eigenvalue weighted by Gasteiger charge is -2.06. The smallest absolute Gasteiger partial charge is 0.115 e. The highest BCUT2D eigenvalue weighted by molar-refractivity contribution is 9.10. The number of rotatable bonds is 2. The summed E-state index contributed by atoms with van der Waals surface area (Å²) in [6, 6.07) is 9.91. The first-order chi connectivity index (χ1) is 7.66. The van der Waals surface area contributed by atoms with E-state index in [0.29, 0.717) is 0 Å². The highest BCUT2D eigenvalue weighted by Crippen LogP contribution is 2.34. The molecule has 1 heterocycles. The molecule has 0 bridgehead atoms. The van der Waals surface area contributed by atoms with Gasteiger partial charge in [0.05, 0.1) is 4.47 Å². The van der Waals surface area contributed by atoms with Gasteiger partial charge in [-0.3, -0.25) is 0 Å². The predicted molar refractivity (Wildman–Crippen MR) is 71.7 cm³/mol. The van der Waals surface area contributed by atoms with Crippen molar-refractivity contribution in [2.75, 3.05) is 5.73 Å². The Balaban J connectivity index is 2.31. The summed E-state index contributed by atoms with van der Waals surface area (Å²) in [7, 11) is 0. The van der Waals surface area contributed by atoms with Gasteiger partial charge < -0.3 is 5.73 Å². The zero-order valence-electron chi connectivity index (χ0n) is 8.77. The number of hydrogen-bond acceptors (Lipinski definition) is 3. The van der Waals surface area contributed by atoms with Crippen LogP contribution in [0.3, 0.4) is 0 Å². The highest BCUT2D eigenvalue weighted by atomic mass is 79.9. The molecule has 0 atom stereocenters. The Kier molecular flexibility index (Phi) is 3.51. The minimum absolute atomic E-state index is 0.794. The van der Waals surface area contributed by atoms with Gasteiger partial charge in [0.15, 0.2) is 0 Å². The molecule has 2 aromatic rings. The number of aryl methyl sites for hydroxylation is 1. The number of nitrogens with zero attached hydrogens (tertiary/aromatic N) is 1. The molecule has 4 heteroatoms. The molecule has 0 saturated carbocycles. The fraction of sp³-hybridized carbons (Fsp3) is 0.0833.